The molecular weight excluding hydrogens is 266 g/mol. The largest absolute Gasteiger partial charge is 0.486 e. The van der Waals surface area contributed by atoms with Crippen LogP contribution in [0.25, 0.3) is 0 Å². The van der Waals surface area contributed by atoms with Gasteiger partial charge in [0.25, 0.3) is 0 Å². The highest BCUT2D eigenvalue weighted by molar-refractivity contribution is 5.44. The van der Waals surface area contributed by atoms with Gasteiger partial charge in [-0.1, -0.05) is 13.0 Å². The minimum Gasteiger partial charge on any atom is -0.486 e. The van der Waals surface area contributed by atoms with Crippen LogP contribution in [0.2, 0.25) is 0 Å². The van der Waals surface area contributed by atoms with Crippen molar-refractivity contribution in [1.82, 2.24) is 5.32 Å². The average Bonchev–Trinajstić information content (AvgIpc) is 2.54. The van der Waals surface area contributed by atoms with Crippen molar-refractivity contribution in [2.45, 2.75) is 45.3 Å². The molecule has 1 aliphatic rings. The smallest absolute Gasteiger partial charge is 0.161 e. The average molecular weight is 293 g/mol. The molecule has 0 saturated heterocycles. The molecule has 0 fully saturated rings. The molecule has 2 atom stereocenters. The number of benzene rings is 1. The molecule has 1 N–H and O–H groups in total. The highest BCUT2D eigenvalue weighted by Crippen LogP contribution is 2.33. The van der Waals surface area contributed by atoms with E-state index < -0.39 is 0 Å². The Balaban J connectivity index is 2.07. The first-order valence-electron chi connectivity index (χ1n) is 7.90. The summed E-state index contributed by atoms with van der Waals surface area (Å²) < 4.78 is 16.6. The van der Waals surface area contributed by atoms with Crippen molar-refractivity contribution in [3.63, 3.8) is 0 Å². The summed E-state index contributed by atoms with van der Waals surface area (Å²) in [7, 11) is 1.77. The van der Waals surface area contributed by atoms with E-state index in [1.54, 1.807) is 7.11 Å². The topological polar surface area (TPSA) is 39.7 Å². The van der Waals surface area contributed by atoms with Crippen LogP contribution in [0.4, 0.5) is 0 Å². The highest BCUT2D eigenvalue weighted by atomic mass is 16.6. The molecule has 1 aromatic rings. The number of methoxy groups -OCH3 is 1. The van der Waals surface area contributed by atoms with Crippen molar-refractivity contribution in [3.05, 3.63) is 23.8 Å². The maximum absolute atomic E-state index is 5.69. The first kappa shape index (κ1) is 16.1. The first-order valence-corrected chi connectivity index (χ1v) is 7.90. The van der Waals surface area contributed by atoms with E-state index in [2.05, 4.69) is 31.3 Å². The molecule has 0 radical (unpaired) electrons. The predicted octanol–water partition coefficient (Wildman–Crippen LogP) is 3.31. The van der Waals surface area contributed by atoms with Crippen molar-refractivity contribution < 1.29 is 14.2 Å². The van der Waals surface area contributed by atoms with E-state index in [4.69, 9.17) is 14.2 Å². The maximum Gasteiger partial charge on any atom is 0.161 e. The molecule has 118 valence electrons. The molecule has 0 aromatic heterocycles. The Morgan fingerprint density at radius 1 is 1.19 bits per heavy atom. The van der Waals surface area contributed by atoms with Gasteiger partial charge in [0.05, 0.1) is 6.10 Å². The second-order valence-corrected chi connectivity index (χ2v) is 5.53. The zero-order valence-electron chi connectivity index (χ0n) is 13.4. The monoisotopic (exact) mass is 293 g/mol. The van der Waals surface area contributed by atoms with Crippen molar-refractivity contribution >= 4 is 0 Å². The Kier molecular flexibility index (Phi) is 6.33. The summed E-state index contributed by atoms with van der Waals surface area (Å²) in [6.07, 6.45) is 3.50. The van der Waals surface area contributed by atoms with E-state index in [-0.39, 0.29) is 6.10 Å². The van der Waals surface area contributed by atoms with Gasteiger partial charge in [0.15, 0.2) is 11.5 Å². The van der Waals surface area contributed by atoms with E-state index in [1.165, 1.54) is 5.56 Å². The fourth-order valence-electron chi connectivity index (χ4n) is 2.50. The van der Waals surface area contributed by atoms with Gasteiger partial charge in [-0.3, -0.25) is 0 Å². The van der Waals surface area contributed by atoms with Gasteiger partial charge < -0.3 is 19.5 Å². The molecule has 0 amide bonds. The number of hydrogen-bond acceptors (Lipinski definition) is 4. The van der Waals surface area contributed by atoms with Gasteiger partial charge >= 0.3 is 0 Å². The minimum atomic E-state index is 0.285. The standard InChI is InChI=1S/C17H27NO3/c1-4-9-18-15(7-5-13(2)19-3)14-6-8-16-17(12-14)21-11-10-20-16/h6,8,12-13,15,18H,4-5,7,9-11H2,1-3H3. The lowest BCUT2D eigenvalue weighted by atomic mass is 9.99. The van der Waals surface area contributed by atoms with Crippen LogP contribution in [0.3, 0.4) is 0 Å². The minimum absolute atomic E-state index is 0.285. The van der Waals surface area contributed by atoms with E-state index in [0.717, 1.165) is 37.3 Å². The summed E-state index contributed by atoms with van der Waals surface area (Å²) >= 11 is 0. The zero-order valence-corrected chi connectivity index (χ0v) is 13.4. The summed E-state index contributed by atoms with van der Waals surface area (Å²) in [5.41, 5.74) is 1.26. The Labute approximate surface area is 127 Å². The molecule has 1 aromatic carbocycles. The van der Waals surface area contributed by atoms with Crippen molar-refractivity contribution in [3.8, 4) is 11.5 Å². The van der Waals surface area contributed by atoms with Gasteiger partial charge in [0.1, 0.15) is 13.2 Å². The van der Waals surface area contributed by atoms with Crippen LogP contribution in [-0.2, 0) is 4.74 Å². The van der Waals surface area contributed by atoms with Crippen molar-refractivity contribution in [2.75, 3.05) is 26.9 Å². The number of fused-ring (bicyclic) bond motifs is 1. The molecule has 4 heteroatoms. The van der Waals surface area contributed by atoms with Crippen molar-refractivity contribution in [1.29, 1.82) is 0 Å². The molecule has 1 aliphatic heterocycles. The summed E-state index contributed by atoms with van der Waals surface area (Å²) in [5, 5.41) is 3.62. The lowest BCUT2D eigenvalue weighted by Gasteiger charge is -2.24. The van der Waals surface area contributed by atoms with Crippen LogP contribution in [0.1, 0.15) is 44.7 Å². The third-order valence-corrected chi connectivity index (χ3v) is 3.87. The predicted molar refractivity (Wildman–Crippen MR) is 84.2 cm³/mol. The normalized spacial score (nSPS) is 16.5. The Hall–Kier alpha value is -1.26. The number of hydrogen-bond donors (Lipinski definition) is 1. The van der Waals surface area contributed by atoms with Crippen LogP contribution in [0.15, 0.2) is 18.2 Å². The third kappa shape index (κ3) is 4.61. The Morgan fingerprint density at radius 3 is 2.67 bits per heavy atom. The van der Waals surface area contributed by atoms with Gasteiger partial charge in [0, 0.05) is 13.2 Å². The molecule has 2 rings (SSSR count). The van der Waals surface area contributed by atoms with Gasteiger partial charge in [0.2, 0.25) is 0 Å². The third-order valence-electron chi connectivity index (χ3n) is 3.87. The van der Waals surface area contributed by atoms with Crippen LogP contribution in [0, 0.1) is 0 Å². The maximum atomic E-state index is 5.69. The molecule has 0 spiro atoms. The second kappa shape index (κ2) is 8.25. The second-order valence-electron chi connectivity index (χ2n) is 5.53. The number of ether oxygens (including phenoxy) is 3. The summed E-state index contributed by atoms with van der Waals surface area (Å²) in [6.45, 7) is 6.58. The molecule has 2 unspecified atom stereocenters. The lowest BCUT2D eigenvalue weighted by molar-refractivity contribution is 0.106. The highest BCUT2D eigenvalue weighted by Gasteiger charge is 2.17. The van der Waals surface area contributed by atoms with Crippen LogP contribution < -0.4 is 14.8 Å². The van der Waals surface area contributed by atoms with E-state index in [9.17, 15) is 0 Å². The van der Waals surface area contributed by atoms with E-state index in [1.807, 2.05) is 6.07 Å². The summed E-state index contributed by atoms with van der Waals surface area (Å²) in [4.78, 5) is 0. The Bertz CT molecular complexity index is 436. The summed E-state index contributed by atoms with van der Waals surface area (Å²) in [5.74, 6) is 1.71. The molecule has 0 aliphatic carbocycles. The SMILES string of the molecule is CCCNC(CCC(C)OC)c1ccc2c(c1)OCCO2. The number of rotatable bonds is 8. The summed E-state index contributed by atoms with van der Waals surface area (Å²) in [6, 6.07) is 6.60. The molecule has 4 nitrogen and oxygen atoms in total. The zero-order chi connectivity index (χ0) is 15.1. The van der Waals surface area contributed by atoms with Gasteiger partial charge in [-0.05, 0) is 50.4 Å². The van der Waals surface area contributed by atoms with Crippen LogP contribution >= 0.6 is 0 Å². The number of nitrogens with one attached hydrogen (secondary N) is 1. The van der Waals surface area contributed by atoms with E-state index >= 15 is 0 Å². The molecule has 1 heterocycles. The quantitative estimate of drug-likeness (QED) is 0.798. The molecule has 0 bridgehead atoms. The molecular formula is C17H27NO3. The fraction of sp³-hybridized carbons (Fsp3) is 0.647. The van der Waals surface area contributed by atoms with Gasteiger partial charge in [-0.15, -0.1) is 0 Å². The lowest BCUT2D eigenvalue weighted by Crippen LogP contribution is -2.24. The van der Waals surface area contributed by atoms with Crippen LogP contribution in [-0.4, -0.2) is 33.0 Å². The Morgan fingerprint density at radius 2 is 1.95 bits per heavy atom. The van der Waals surface area contributed by atoms with Crippen molar-refractivity contribution in [2.24, 2.45) is 0 Å². The molecule has 21 heavy (non-hydrogen) atoms. The van der Waals surface area contributed by atoms with Crippen LogP contribution in [0.5, 0.6) is 11.5 Å². The van der Waals surface area contributed by atoms with E-state index in [0.29, 0.717) is 19.3 Å². The van der Waals surface area contributed by atoms with Gasteiger partial charge in [-0.2, -0.15) is 0 Å². The fourth-order valence-corrected chi connectivity index (χ4v) is 2.50. The first-order chi connectivity index (χ1) is 10.2. The molecule has 0 saturated carbocycles. The van der Waals surface area contributed by atoms with Gasteiger partial charge in [-0.25, -0.2) is 0 Å².